The number of anilines is 3. The summed E-state index contributed by atoms with van der Waals surface area (Å²) in [7, 11) is 1.72. The zero-order chi connectivity index (χ0) is 14.0. The summed E-state index contributed by atoms with van der Waals surface area (Å²) in [6.45, 7) is 1.88. The van der Waals surface area contributed by atoms with E-state index in [-0.39, 0.29) is 0 Å². The molecule has 0 unspecified atom stereocenters. The van der Waals surface area contributed by atoms with E-state index in [1.807, 2.05) is 6.92 Å². The van der Waals surface area contributed by atoms with Gasteiger partial charge in [-0.15, -0.1) is 0 Å². The van der Waals surface area contributed by atoms with Gasteiger partial charge < -0.3 is 10.6 Å². The third-order valence-corrected chi connectivity index (χ3v) is 3.47. The van der Waals surface area contributed by atoms with Crippen LogP contribution in [0.25, 0.3) is 0 Å². The Labute approximate surface area is 126 Å². The lowest BCUT2D eigenvalue weighted by molar-refractivity contribution is 1.15. The predicted molar refractivity (Wildman–Crippen MR) is 81.1 cm³/mol. The fraction of sp³-hybridized carbons (Fsp3) is 0.167. The minimum absolute atomic E-state index is 0.395. The van der Waals surface area contributed by atoms with Crippen molar-refractivity contribution in [1.82, 2.24) is 9.97 Å². The first-order valence-electron chi connectivity index (χ1n) is 5.44. The van der Waals surface area contributed by atoms with E-state index < -0.39 is 0 Å². The predicted octanol–water partition coefficient (Wildman–Crippen LogP) is 4.53. The first kappa shape index (κ1) is 14.2. The molecule has 100 valence electrons. The Bertz CT molecular complexity index is 616. The molecule has 19 heavy (non-hydrogen) atoms. The van der Waals surface area contributed by atoms with Gasteiger partial charge in [0.1, 0.15) is 5.02 Å². The maximum atomic E-state index is 6.15. The third kappa shape index (κ3) is 3.21. The standard InChI is InChI=1S/C12H11Cl3N4/c1-6-3-8(14)10(4-7(6)13)18-11-9(15)5-17-12(16-2)19-11/h3-5H,1-2H3,(H2,16,17,18,19). The first-order chi connectivity index (χ1) is 9.01. The van der Waals surface area contributed by atoms with Crippen LogP contribution in [-0.4, -0.2) is 17.0 Å². The molecule has 0 atom stereocenters. The molecule has 0 aliphatic heterocycles. The lowest BCUT2D eigenvalue weighted by Gasteiger charge is -2.11. The summed E-state index contributed by atoms with van der Waals surface area (Å²) in [5, 5.41) is 7.44. The zero-order valence-electron chi connectivity index (χ0n) is 10.3. The van der Waals surface area contributed by atoms with Gasteiger partial charge in [-0.3, -0.25) is 0 Å². The largest absolute Gasteiger partial charge is 0.357 e. The highest BCUT2D eigenvalue weighted by Gasteiger charge is 2.09. The van der Waals surface area contributed by atoms with Crippen molar-refractivity contribution in [3.8, 4) is 0 Å². The SMILES string of the molecule is CNc1ncc(Cl)c(Nc2cc(Cl)c(C)cc2Cl)n1. The molecule has 0 amide bonds. The smallest absolute Gasteiger partial charge is 0.224 e. The van der Waals surface area contributed by atoms with Gasteiger partial charge >= 0.3 is 0 Å². The van der Waals surface area contributed by atoms with Gasteiger partial charge in [0.2, 0.25) is 5.95 Å². The normalized spacial score (nSPS) is 10.4. The summed E-state index contributed by atoms with van der Waals surface area (Å²) in [5.41, 5.74) is 1.54. The van der Waals surface area contributed by atoms with E-state index in [0.717, 1.165) is 5.56 Å². The second-order valence-electron chi connectivity index (χ2n) is 3.85. The Morgan fingerprint density at radius 1 is 1.05 bits per heavy atom. The molecule has 0 radical (unpaired) electrons. The number of aromatic nitrogens is 2. The van der Waals surface area contributed by atoms with E-state index in [0.29, 0.717) is 32.5 Å². The number of nitrogens with zero attached hydrogens (tertiary/aromatic N) is 2. The topological polar surface area (TPSA) is 49.8 Å². The summed E-state index contributed by atoms with van der Waals surface area (Å²) in [6, 6.07) is 3.51. The molecule has 0 fully saturated rings. The lowest BCUT2D eigenvalue weighted by atomic mass is 10.2. The Morgan fingerprint density at radius 2 is 1.79 bits per heavy atom. The average molecular weight is 318 g/mol. The van der Waals surface area contributed by atoms with Crippen molar-refractivity contribution in [3.63, 3.8) is 0 Å². The molecule has 0 saturated heterocycles. The van der Waals surface area contributed by atoms with Crippen molar-refractivity contribution >= 4 is 52.3 Å². The molecule has 7 heteroatoms. The van der Waals surface area contributed by atoms with Crippen LogP contribution in [-0.2, 0) is 0 Å². The average Bonchev–Trinajstić information content (AvgIpc) is 2.38. The van der Waals surface area contributed by atoms with Crippen LogP contribution in [0.1, 0.15) is 5.56 Å². The summed E-state index contributed by atoms with van der Waals surface area (Å²) >= 11 is 18.3. The molecular weight excluding hydrogens is 307 g/mol. The molecule has 2 aromatic rings. The van der Waals surface area contributed by atoms with Crippen LogP contribution in [0.15, 0.2) is 18.3 Å². The number of rotatable bonds is 3. The van der Waals surface area contributed by atoms with E-state index in [9.17, 15) is 0 Å². The van der Waals surface area contributed by atoms with Crippen molar-refractivity contribution in [2.45, 2.75) is 6.92 Å². The van der Waals surface area contributed by atoms with Gasteiger partial charge in [-0.1, -0.05) is 34.8 Å². The first-order valence-corrected chi connectivity index (χ1v) is 6.57. The van der Waals surface area contributed by atoms with E-state index in [1.165, 1.54) is 6.20 Å². The van der Waals surface area contributed by atoms with E-state index in [4.69, 9.17) is 34.8 Å². The van der Waals surface area contributed by atoms with Crippen molar-refractivity contribution in [2.75, 3.05) is 17.7 Å². The number of halogens is 3. The molecule has 0 bridgehead atoms. The Kier molecular flexibility index (Phi) is 4.34. The van der Waals surface area contributed by atoms with Gasteiger partial charge in [0.05, 0.1) is 16.9 Å². The Balaban J connectivity index is 2.38. The maximum Gasteiger partial charge on any atom is 0.224 e. The summed E-state index contributed by atoms with van der Waals surface area (Å²) in [6.07, 6.45) is 1.51. The minimum atomic E-state index is 0.395. The van der Waals surface area contributed by atoms with E-state index in [1.54, 1.807) is 19.2 Å². The number of hydrogen-bond acceptors (Lipinski definition) is 4. The number of nitrogens with one attached hydrogen (secondary N) is 2. The fourth-order valence-electron chi connectivity index (χ4n) is 1.44. The van der Waals surface area contributed by atoms with Gasteiger partial charge in [0, 0.05) is 12.1 Å². The monoisotopic (exact) mass is 316 g/mol. The number of benzene rings is 1. The molecule has 1 heterocycles. The molecule has 0 saturated carbocycles. The van der Waals surface area contributed by atoms with Gasteiger partial charge in [-0.2, -0.15) is 4.98 Å². The molecular formula is C12H11Cl3N4. The molecule has 2 N–H and O–H groups in total. The molecule has 0 spiro atoms. The van der Waals surface area contributed by atoms with Crippen LogP contribution in [0, 0.1) is 6.92 Å². The van der Waals surface area contributed by atoms with E-state index >= 15 is 0 Å². The second-order valence-corrected chi connectivity index (χ2v) is 5.07. The molecule has 2 rings (SSSR count). The number of hydrogen-bond donors (Lipinski definition) is 2. The Morgan fingerprint density at radius 3 is 2.47 bits per heavy atom. The van der Waals surface area contributed by atoms with Crippen LogP contribution in [0.3, 0.4) is 0 Å². The molecule has 0 aliphatic carbocycles. The van der Waals surface area contributed by atoms with Gasteiger partial charge in [0.25, 0.3) is 0 Å². The highest BCUT2D eigenvalue weighted by molar-refractivity contribution is 6.36. The van der Waals surface area contributed by atoms with Crippen molar-refractivity contribution in [1.29, 1.82) is 0 Å². The molecule has 1 aromatic heterocycles. The summed E-state index contributed by atoms with van der Waals surface area (Å²) in [5.74, 6) is 0.920. The van der Waals surface area contributed by atoms with Gasteiger partial charge in [-0.05, 0) is 24.6 Å². The summed E-state index contributed by atoms with van der Waals surface area (Å²) in [4.78, 5) is 8.21. The van der Waals surface area contributed by atoms with Crippen LogP contribution < -0.4 is 10.6 Å². The summed E-state index contributed by atoms with van der Waals surface area (Å²) < 4.78 is 0. The second kappa shape index (κ2) is 5.82. The lowest BCUT2D eigenvalue weighted by Crippen LogP contribution is -2.01. The van der Waals surface area contributed by atoms with Crippen LogP contribution in [0.2, 0.25) is 15.1 Å². The van der Waals surface area contributed by atoms with Crippen molar-refractivity contribution < 1.29 is 0 Å². The fourth-order valence-corrected chi connectivity index (χ4v) is 2.01. The minimum Gasteiger partial charge on any atom is -0.357 e. The maximum absolute atomic E-state index is 6.15. The van der Waals surface area contributed by atoms with Crippen LogP contribution in [0.4, 0.5) is 17.5 Å². The van der Waals surface area contributed by atoms with Crippen LogP contribution in [0.5, 0.6) is 0 Å². The number of aryl methyl sites for hydroxylation is 1. The zero-order valence-corrected chi connectivity index (χ0v) is 12.5. The molecule has 1 aromatic carbocycles. The van der Waals surface area contributed by atoms with Crippen molar-refractivity contribution in [3.05, 3.63) is 39.0 Å². The van der Waals surface area contributed by atoms with E-state index in [2.05, 4.69) is 20.6 Å². The Hall–Kier alpha value is -1.23. The highest BCUT2D eigenvalue weighted by atomic mass is 35.5. The van der Waals surface area contributed by atoms with Crippen molar-refractivity contribution in [2.24, 2.45) is 0 Å². The highest BCUT2D eigenvalue weighted by Crippen LogP contribution is 2.32. The molecule has 4 nitrogen and oxygen atoms in total. The van der Waals surface area contributed by atoms with Crippen LogP contribution >= 0.6 is 34.8 Å². The van der Waals surface area contributed by atoms with Gasteiger partial charge in [-0.25, -0.2) is 4.98 Å². The quantitative estimate of drug-likeness (QED) is 0.873. The third-order valence-electron chi connectivity index (χ3n) is 2.47. The molecule has 0 aliphatic rings. The van der Waals surface area contributed by atoms with Gasteiger partial charge in [0.15, 0.2) is 5.82 Å².